The quantitative estimate of drug-likeness (QED) is 0.483. The second kappa shape index (κ2) is 9.64. The minimum Gasteiger partial charge on any atom is -0.481 e. The summed E-state index contributed by atoms with van der Waals surface area (Å²) >= 11 is 5.84. The zero-order chi connectivity index (χ0) is 24.4. The maximum Gasteiger partial charge on any atom is 0.407 e. The molecule has 1 aliphatic heterocycles. The second-order valence-corrected chi connectivity index (χ2v) is 8.06. The molecular weight excluding hydrogens is 476 g/mol. The smallest absolute Gasteiger partial charge is 0.407 e. The number of hydrogen-bond donors (Lipinski definition) is 2. The summed E-state index contributed by atoms with van der Waals surface area (Å²) in [5.74, 6) is -3.47. The lowest BCUT2D eigenvalue weighted by Crippen LogP contribution is -2.45. The fourth-order valence-electron chi connectivity index (χ4n) is 3.88. The van der Waals surface area contributed by atoms with Crippen molar-refractivity contribution in [3.63, 3.8) is 0 Å². The standard InChI is InChI=1S/C22H18ClF2N3O6/c23-20-16(25)3-2-15(24)19(20)17-7-12(34-27-17)10-33-18-4-1-11(8-26-18)13-5-6-28(22(31)32)9-14(13)21(29)30/h1-4,7-8,13-14H,5-6,9-10H2,(H,29,30)(H,31,32)/t13-,14+/m1/s1. The fraction of sp³-hybridized carbons (Fsp3) is 0.273. The van der Waals surface area contributed by atoms with E-state index >= 15 is 0 Å². The van der Waals surface area contributed by atoms with Crippen molar-refractivity contribution in [2.75, 3.05) is 13.1 Å². The monoisotopic (exact) mass is 493 g/mol. The van der Waals surface area contributed by atoms with Crippen LogP contribution in [-0.4, -0.2) is 50.4 Å². The van der Waals surface area contributed by atoms with E-state index in [0.29, 0.717) is 12.0 Å². The lowest BCUT2D eigenvalue weighted by Gasteiger charge is -2.35. The molecule has 0 radical (unpaired) electrons. The average molecular weight is 494 g/mol. The van der Waals surface area contributed by atoms with Crippen LogP contribution < -0.4 is 4.74 Å². The normalized spacial score (nSPS) is 18.0. The number of carbonyl (C=O) groups is 2. The van der Waals surface area contributed by atoms with Gasteiger partial charge < -0.3 is 24.4 Å². The van der Waals surface area contributed by atoms with Gasteiger partial charge in [-0.3, -0.25) is 4.79 Å². The summed E-state index contributed by atoms with van der Waals surface area (Å²) in [4.78, 5) is 28.1. The molecule has 12 heteroatoms. The highest BCUT2D eigenvalue weighted by molar-refractivity contribution is 6.33. The summed E-state index contributed by atoms with van der Waals surface area (Å²) in [6.07, 6.45) is 0.690. The molecule has 2 N–H and O–H groups in total. The van der Waals surface area contributed by atoms with E-state index < -0.39 is 40.6 Å². The first-order valence-corrected chi connectivity index (χ1v) is 10.5. The predicted molar refractivity (Wildman–Crippen MR) is 114 cm³/mol. The van der Waals surface area contributed by atoms with Crippen LogP contribution in [0.2, 0.25) is 5.02 Å². The number of piperidine rings is 1. The summed E-state index contributed by atoms with van der Waals surface area (Å²) in [6.45, 7) is 0.0196. The van der Waals surface area contributed by atoms with Crippen molar-refractivity contribution in [1.29, 1.82) is 0 Å². The van der Waals surface area contributed by atoms with Crippen molar-refractivity contribution in [3.05, 3.63) is 64.5 Å². The molecule has 3 aromatic rings. The molecule has 1 fully saturated rings. The molecule has 0 saturated carbocycles. The molecule has 34 heavy (non-hydrogen) atoms. The number of halogens is 3. The van der Waals surface area contributed by atoms with Gasteiger partial charge in [-0.15, -0.1) is 0 Å². The number of benzene rings is 1. The first kappa shape index (κ1) is 23.4. The number of amides is 1. The number of nitrogens with zero attached hydrogens (tertiary/aromatic N) is 3. The van der Waals surface area contributed by atoms with Crippen LogP contribution in [0, 0.1) is 17.6 Å². The van der Waals surface area contributed by atoms with Gasteiger partial charge in [0.15, 0.2) is 12.4 Å². The zero-order valence-corrected chi connectivity index (χ0v) is 18.2. The third-order valence-corrected chi connectivity index (χ3v) is 5.98. The van der Waals surface area contributed by atoms with Crippen molar-refractivity contribution in [1.82, 2.24) is 15.0 Å². The van der Waals surface area contributed by atoms with Crippen LogP contribution in [0.15, 0.2) is 41.1 Å². The minimum absolute atomic E-state index is 0.0105. The Morgan fingerprint density at radius 1 is 1.21 bits per heavy atom. The molecule has 0 spiro atoms. The molecule has 4 rings (SSSR count). The maximum atomic E-state index is 14.1. The SMILES string of the molecule is O=C(O)[C@H]1CN(C(=O)O)CC[C@@H]1c1ccc(OCc2cc(-c3c(F)ccc(F)c3Cl)no2)nc1. The van der Waals surface area contributed by atoms with Gasteiger partial charge >= 0.3 is 12.1 Å². The molecule has 1 amide bonds. The minimum atomic E-state index is -1.15. The van der Waals surface area contributed by atoms with Gasteiger partial charge in [0.1, 0.15) is 17.3 Å². The van der Waals surface area contributed by atoms with Crippen LogP contribution in [0.1, 0.15) is 23.7 Å². The summed E-state index contributed by atoms with van der Waals surface area (Å²) in [7, 11) is 0. The molecule has 1 aromatic carbocycles. The lowest BCUT2D eigenvalue weighted by molar-refractivity contribution is -0.144. The van der Waals surface area contributed by atoms with Gasteiger partial charge in [-0.05, 0) is 24.1 Å². The van der Waals surface area contributed by atoms with Gasteiger partial charge in [-0.25, -0.2) is 18.6 Å². The van der Waals surface area contributed by atoms with Crippen LogP contribution in [0.25, 0.3) is 11.3 Å². The molecule has 0 bridgehead atoms. The van der Waals surface area contributed by atoms with Gasteiger partial charge in [0.25, 0.3) is 0 Å². The number of rotatable bonds is 6. The van der Waals surface area contributed by atoms with E-state index in [0.717, 1.165) is 17.0 Å². The van der Waals surface area contributed by atoms with Crippen molar-refractivity contribution >= 4 is 23.7 Å². The highest BCUT2D eigenvalue weighted by Crippen LogP contribution is 2.34. The van der Waals surface area contributed by atoms with Gasteiger partial charge in [0, 0.05) is 37.3 Å². The molecular formula is C22H18ClF2N3O6. The Labute approximate surface area is 196 Å². The van der Waals surface area contributed by atoms with Gasteiger partial charge in [-0.2, -0.15) is 0 Å². The van der Waals surface area contributed by atoms with Gasteiger partial charge in [0.2, 0.25) is 5.88 Å². The molecule has 0 unspecified atom stereocenters. The number of aromatic nitrogens is 2. The van der Waals surface area contributed by atoms with E-state index in [2.05, 4.69) is 10.1 Å². The van der Waals surface area contributed by atoms with Crippen LogP contribution in [0.3, 0.4) is 0 Å². The van der Waals surface area contributed by atoms with Gasteiger partial charge in [0.05, 0.1) is 16.5 Å². The fourth-order valence-corrected chi connectivity index (χ4v) is 4.13. The number of pyridine rings is 1. The van der Waals surface area contributed by atoms with Crippen LogP contribution in [-0.2, 0) is 11.4 Å². The first-order valence-electron chi connectivity index (χ1n) is 10.1. The zero-order valence-electron chi connectivity index (χ0n) is 17.5. The Morgan fingerprint density at radius 3 is 2.65 bits per heavy atom. The van der Waals surface area contributed by atoms with Crippen molar-refractivity contribution < 1.29 is 37.8 Å². The number of carboxylic acid groups (broad SMARTS) is 2. The van der Waals surface area contributed by atoms with Crippen LogP contribution >= 0.6 is 11.6 Å². The first-order chi connectivity index (χ1) is 16.2. The number of likely N-dealkylation sites (tertiary alicyclic amines) is 1. The van der Waals surface area contributed by atoms with Crippen molar-refractivity contribution in [3.8, 4) is 17.1 Å². The number of hydrogen-bond acceptors (Lipinski definition) is 6. The molecule has 9 nitrogen and oxygen atoms in total. The largest absolute Gasteiger partial charge is 0.481 e. The van der Waals surface area contributed by atoms with E-state index in [-0.39, 0.29) is 42.6 Å². The Kier molecular flexibility index (Phi) is 6.64. The van der Waals surface area contributed by atoms with E-state index in [9.17, 15) is 23.5 Å². The summed E-state index contributed by atoms with van der Waals surface area (Å²) in [5.41, 5.74) is 0.445. The topological polar surface area (TPSA) is 126 Å². The molecule has 2 atom stereocenters. The Bertz CT molecular complexity index is 1220. The highest BCUT2D eigenvalue weighted by Gasteiger charge is 2.37. The molecule has 178 valence electrons. The van der Waals surface area contributed by atoms with Crippen LogP contribution in [0.4, 0.5) is 13.6 Å². The van der Waals surface area contributed by atoms with Crippen molar-refractivity contribution in [2.24, 2.45) is 5.92 Å². The van der Waals surface area contributed by atoms with Gasteiger partial charge in [-0.1, -0.05) is 22.8 Å². The van der Waals surface area contributed by atoms with Crippen molar-refractivity contribution in [2.45, 2.75) is 18.9 Å². The number of ether oxygens (including phenoxy) is 1. The molecule has 1 aliphatic rings. The number of carboxylic acids is 1. The third-order valence-electron chi connectivity index (χ3n) is 5.61. The molecule has 3 heterocycles. The summed E-state index contributed by atoms with van der Waals surface area (Å²) in [5, 5.41) is 22.0. The lowest BCUT2D eigenvalue weighted by atomic mass is 9.81. The maximum absolute atomic E-state index is 14.1. The van der Waals surface area contributed by atoms with E-state index in [4.69, 9.17) is 26.0 Å². The summed E-state index contributed by atoms with van der Waals surface area (Å²) in [6, 6.07) is 6.44. The summed E-state index contributed by atoms with van der Waals surface area (Å²) < 4.78 is 38.4. The molecule has 0 aliphatic carbocycles. The predicted octanol–water partition coefficient (Wildman–Crippen LogP) is 4.42. The Hall–Kier alpha value is -3.73. The highest BCUT2D eigenvalue weighted by atomic mass is 35.5. The molecule has 1 saturated heterocycles. The van der Waals surface area contributed by atoms with E-state index in [1.165, 1.54) is 12.3 Å². The Balaban J connectivity index is 1.42. The molecule has 2 aromatic heterocycles. The average Bonchev–Trinajstić information content (AvgIpc) is 3.29. The van der Waals surface area contributed by atoms with Crippen LogP contribution in [0.5, 0.6) is 5.88 Å². The Morgan fingerprint density at radius 2 is 1.97 bits per heavy atom. The number of aliphatic carboxylic acids is 1. The second-order valence-electron chi connectivity index (χ2n) is 7.68. The third kappa shape index (κ3) is 4.79. The van der Waals surface area contributed by atoms with E-state index in [1.54, 1.807) is 12.1 Å². The van der Waals surface area contributed by atoms with E-state index in [1.807, 2.05) is 0 Å².